The number of rotatable bonds is 3. The number of anilines is 2. The molecule has 0 unspecified atom stereocenters. The molecule has 2 aromatic rings. The van der Waals surface area contributed by atoms with Gasteiger partial charge in [0, 0.05) is 18.4 Å². The van der Waals surface area contributed by atoms with Crippen molar-refractivity contribution in [1.82, 2.24) is 0 Å². The Bertz CT molecular complexity index is 663. The standard InChI is InChI=1S/C17H18N2O3/c1-3-12-4-6-13(7-5-12)18-16(21)17(22)19(2)14-8-10-15(20)11-9-14/h4-11,20H,3H2,1-2H3,(H,18,21). The average molecular weight is 298 g/mol. The van der Waals surface area contributed by atoms with E-state index in [0.29, 0.717) is 11.4 Å². The van der Waals surface area contributed by atoms with Crippen molar-refractivity contribution in [2.24, 2.45) is 0 Å². The number of carbonyl (C=O) groups is 2. The lowest BCUT2D eigenvalue weighted by Gasteiger charge is -2.16. The largest absolute Gasteiger partial charge is 0.508 e. The maximum Gasteiger partial charge on any atom is 0.316 e. The Morgan fingerprint density at radius 2 is 1.64 bits per heavy atom. The number of hydrogen-bond acceptors (Lipinski definition) is 3. The molecule has 5 nitrogen and oxygen atoms in total. The van der Waals surface area contributed by atoms with Crippen LogP contribution in [0.15, 0.2) is 48.5 Å². The molecule has 0 spiro atoms. The van der Waals surface area contributed by atoms with Gasteiger partial charge in [-0.2, -0.15) is 0 Å². The normalized spacial score (nSPS) is 10.1. The fraction of sp³-hybridized carbons (Fsp3) is 0.176. The lowest BCUT2D eigenvalue weighted by molar-refractivity contribution is -0.134. The Morgan fingerprint density at radius 1 is 1.05 bits per heavy atom. The summed E-state index contributed by atoms with van der Waals surface area (Å²) in [6, 6.07) is 13.4. The number of phenolic OH excluding ortho intramolecular Hbond substituents is 1. The SMILES string of the molecule is CCc1ccc(NC(=O)C(=O)N(C)c2ccc(O)cc2)cc1. The van der Waals surface area contributed by atoms with Crippen LogP contribution in [0.3, 0.4) is 0 Å². The molecule has 22 heavy (non-hydrogen) atoms. The van der Waals surface area contributed by atoms with Gasteiger partial charge in [-0.15, -0.1) is 0 Å². The van der Waals surface area contributed by atoms with Crippen LogP contribution in [0.25, 0.3) is 0 Å². The highest BCUT2D eigenvalue weighted by atomic mass is 16.3. The summed E-state index contributed by atoms with van der Waals surface area (Å²) in [6.45, 7) is 2.05. The molecule has 114 valence electrons. The summed E-state index contributed by atoms with van der Waals surface area (Å²) in [4.78, 5) is 25.3. The minimum Gasteiger partial charge on any atom is -0.508 e. The lowest BCUT2D eigenvalue weighted by Crippen LogP contribution is -2.37. The third kappa shape index (κ3) is 3.63. The smallest absolute Gasteiger partial charge is 0.316 e. The molecule has 2 N–H and O–H groups in total. The molecule has 0 saturated heterocycles. The Labute approximate surface area is 129 Å². The van der Waals surface area contributed by atoms with Crippen molar-refractivity contribution in [2.45, 2.75) is 13.3 Å². The number of nitrogens with zero attached hydrogens (tertiary/aromatic N) is 1. The van der Waals surface area contributed by atoms with Gasteiger partial charge in [-0.1, -0.05) is 19.1 Å². The molecule has 2 amide bonds. The second kappa shape index (κ2) is 6.76. The zero-order chi connectivity index (χ0) is 16.1. The van der Waals surface area contributed by atoms with Gasteiger partial charge in [-0.05, 0) is 48.4 Å². The zero-order valence-electron chi connectivity index (χ0n) is 12.5. The molecule has 0 atom stereocenters. The van der Waals surface area contributed by atoms with Gasteiger partial charge in [-0.25, -0.2) is 0 Å². The van der Waals surface area contributed by atoms with Crippen molar-refractivity contribution in [2.75, 3.05) is 17.3 Å². The van der Waals surface area contributed by atoms with Crippen LogP contribution < -0.4 is 10.2 Å². The molecule has 0 heterocycles. The van der Waals surface area contributed by atoms with Gasteiger partial charge in [-0.3, -0.25) is 9.59 Å². The Kier molecular flexibility index (Phi) is 4.78. The van der Waals surface area contributed by atoms with Crippen molar-refractivity contribution >= 4 is 23.2 Å². The molecule has 5 heteroatoms. The summed E-state index contributed by atoms with van der Waals surface area (Å²) in [7, 11) is 1.51. The summed E-state index contributed by atoms with van der Waals surface area (Å²) in [6.07, 6.45) is 0.913. The summed E-state index contributed by atoms with van der Waals surface area (Å²) < 4.78 is 0. The number of hydrogen-bond donors (Lipinski definition) is 2. The topological polar surface area (TPSA) is 69.6 Å². The summed E-state index contributed by atoms with van der Waals surface area (Å²) in [5, 5.41) is 11.8. The van der Waals surface area contributed by atoms with E-state index in [4.69, 9.17) is 0 Å². The van der Waals surface area contributed by atoms with Crippen LogP contribution in [0.2, 0.25) is 0 Å². The van der Waals surface area contributed by atoms with Crippen LogP contribution in [-0.2, 0) is 16.0 Å². The van der Waals surface area contributed by atoms with E-state index in [0.717, 1.165) is 12.0 Å². The number of carbonyl (C=O) groups excluding carboxylic acids is 2. The minimum atomic E-state index is -0.708. The van der Waals surface area contributed by atoms with Gasteiger partial charge in [0.05, 0.1) is 0 Å². The first kappa shape index (κ1) is 15.6. The molecule has 0 saturated carbocycles. The molecule has 0 aliphatic rings. The molecule has 0 fully saturated rings. The van der Waals surface area contributed by atoms with E-state index < -0.39 is 11.8 Å². The van der Waals surface area contributed by atoms with Crippen LogP contribution in [0.1, 0.15) is 12.5 Å². The fourth-order valence-electron chi connectivity index (χ4n) is 1.95. The summed E-state index contributed by atoms with van der Waals surface area (Å²) >= 11 is 0. The number of amides is 2. The van der Waals surface area contributed by atoms with E-state index in [1.165, 1.54) is 24.1 Å². The highest BCUT2D eigenvalue weighted by Crippen LogP contribution is 2.17. The Hall–Kier alpha value is -2.82. The molecular weight excluding hydrogens is 280 g/mol. The van der Waals surface area contributed by atoms with Crippen LogP contribution in [0.5, 0.6) is 5.75 Å². The highest BCUT2D eigenvalue weighted by Gasteiger charge is 2.20. The van der Waals surface area contributed by atoms with Gasteiger partial charge < -0.3 is 15.3 Å². The zero-order valence-corrected chi connectivity index (χ0v) is 12.5. The van der Waals surface area contributed by atoms with Crippen LogP contribution in [0, 0.1) is 0 Å². The first-order valence-corrected chi connectivity index (χ1v) is 6.98. The molecule has 0 bridgehead atoms. The van der Waals surface area contributed by atoms with E-state index in [9.17, 15) is 14.7 Å². The second-order valence-corrected chi connectivity index (χ2v) is 4.89. The molecule has 0 radical (unpaired) electrons. The lowest BCUT2D eigenvalue weighted by atomic mass is 10.1. The number of aryl methyl sites for hydroxylation is 1. The van der Waals surface area contributed by atoms with Crippen molar-refractivity contribution in [3.63, 3.8) is 0 Å². The third-order valence-corrected chi connectivity index (χ3v) is 3.36. The van der Waals surface area contributed by atoms with Crippen molar-refractivity contribution in [3.05, 3.63) is 54.1 Å². The van der Waals surface area contributed by atoms with Gasteiger partial charge in [0.25, 0.3) is 0 Å². The third-order valence-electron chi connectivity index (χ3n) is 3.36. The Balaban J connectivity index is 2.04. The van der Waals surface area contributed by atoms with Crippen molar-refractivity contribution < 1.29 is 14.7 Å². The first-order chi connectivity index (χ1) is 10.5. The van der Waals surface area contributed by atoms with Gasteiger partial charge in [0.1, 0.15) is 5.75 Å². The predicted molar refractivity (Wildman–Crippen MR) is 86.0 cm³/mol. The maximum atomic E-state index is 12.1. The van der Waals surface area contributed by atoms with E-state index in [2.05, 4.69) is 5.32 Å². The number of aromatic hydroxyl groups is 1. The monoisotopic (exact) mass is 298 g/mol. The van der Waals surface area contributed by atoms with E-state index in [-0.39, 0.29) is 5.75 Å². The number of nitrogens with one attached hydrogen (secondary N) is 1. The predicted octanol–water partition coefficient (Wildman–Crippen LogP) is 2.56. The van der Waals surface area contributed by atoms with E-state index >= 15 is 0 Å². The molecule has 0 aliphatic carbocycles. The van der Waals surface area contributed by atoms with Gasteiger partial charge >= 0.3 is 11.8 Å². The van der Waals surface area contributed by atoms with E-state index in [1.807, 2.05) is 19.1 Å². The van der Waals surface area contributed by atoms with Crippen LogP contribution >= 0.6 is 0 Å². The van der Waals surface area contributed by atoms with Crippen molar-refractivity contribution in [1.29, 1.82) is 0 Å². The summed E-state index contributed by atoms with van der Waals surface area (Å²) in [5.74, 6) is -1.28. The van der Waals surface area contributed by atoms with Gasteiger partial charge in [0.15, 0.2) is 0 Å². The molecule has 2 aromatic carbocycles. The molecular formula is C17H18N2O3. The molecule has 0 aliphatic heterocycles. The number of benzene rings is 2. The fourth-order valence-corrected chi connectivity index (χ4v) is 1.95. The van der Waals surface area contributed by atoms with Gasteiger partial charge in [0.2, 0.25) is 0 Å². The Morgan fingerprint density at radius 3 is 2.18 bits per heavy atom. The van der Waals surface area contributed by atoms with E-state index in [1.54, 1.807) is 24.3 Å². The average Bonchev–Trinajstić information content (AvgIpc) is 2.55. The minimum absolute atomic E-state index is 0.102. The molecule has 0 aromatic heterocycles. The quantitative estimate of drug-likeness (QED) is 0.856. The molecule has 2 rings (SSSR count). The second-order valence-electron chi connectivity index (χ2n) is 4.89. The highest BCUT2D eigenvalue weighted by molar-refractivity contribution is 6.44. The van der Waals surface area contributed by atoms with Crippen LogP contribution in [-0.4, -0.2) is 24.0 Å². The van der Waals surface area contributed by atoms with Crippen molar-refractivity contribution in [3.8, 4) is 5.75 Å². The number of phenols is 1. The number of likely N-dealkylation sites (N-methyl/N-ethyl adjacent to an activating group) is 1. The summed E-state index contributed by atoms with van der Waals surface area (Å²) in [5.41, 5.74) is 2.26. The maximum absolute atomic E-state index is 12.1. The van der Waals surface area contributed by atoms with Crippen LogP contribution in [0.4, 0.5) is 11.4 Å². The first-order valence-electron chi connectivity index (χ1n) is 6.98.